The maximum atomic E-state index is 13.1. The van der Waals surface area contributed by atoms with Gasteiger partial charge >= 0.3 is 0 Å². The Bertz CT molecular complexity index is 1950. The summed E-state index contributed by atoms with van der Waals surface area (Å²) >= 11 is 6.64. The fraction of sp³-hybridized carbons (Fsp3) is 0.289. The lowest BCUT2D eigenvalue weighted by atomic mass is 10.0. The number of carbonyl (C=O) groups is 1. The van der Waals surface area contributed by atoms with E-state index in [9.17, 15) is 4.79 Å². The highest BCUT2D eigenvalue weighted by Gasteiger charge is 2.20. The molecule has 0 spiro atoms. The van der Waals surface area contributed by atoms with E-state index in [-0.39, 0.29) is 22.9 Å². The molecule has 0 atom stereocenters. The number of aryl methyl sites for hydroxylation is 2. The van der Waals surface area contributed by atoms with Gasteiger partial charge in [-0.2, -0.15) is 0 Å². The molecule has 1 aliphatic rings. The van der Waals surface area contributed by atoms with Crippen LogP contribution in [0, 0.1) is 13.8 Å². The summed E-state index contributed by atoms with van der Waals surface area (Å²) in [6.45, 7) is 13.9. The van der Waals surface area contributed by atoms with E-state index in [0.717, 1.165) is 41.9 Å². The highest BCUT2D eigenvalue weighted by Crippen LogP contribution is 2.34. The Balaban J connectivity index is 0.00000561. The van der Waals surface area contributed by atoms with Crippen LogP contribution in [0.25, 0.3) is 6.08 Å². The molecule has 1 fully saturated rings. The van der Waals surface area contributed by atoms with Crippen molar-refractivity contribution in [2.75, 3.05) is 26.2 Å². The minimum Gasteiger partial charge on any atom is -0.487 e. The third-order valence-electron chi connectivity index (χ3n) is 9.41. The molecule has 5 aromatic rings. The highest BCUT2D eigenvalue weighted by atomic mass is 79.9. The van der Waals surface area contributed by atoms with Crippen LogP contribution in [-0.2, 0) is 35.9 Å². The van der Waals surface area contributed by atoms with Gasteiger partial charge in [0.1, 0.15) is 12.4 Å². The van der Waals surface area contributed by atoms with E-state index in [4.69, 9.17) is 25.8 Å². The van der Waals surface area contributed by atoms with Gasteiger partial charge in [0.25, 0.3) is 0 Å². The molecule has 1 aromatic heterocycles. The van der Waals surface area contributed by atoms with Crippen molar-refractivity contribution in [2.45, 2.75) is 60.0 Å². The zero-order chi connectivity index (χ0) is 37.2. The van der Waals surface area contributed by atoms with Gasteiger partial charge in [-0.05, 0) is 83.0 Å². The first-order valence-electron chi connectivity index (χ1n) is 18.2. The van der Waals surface area contributed by atoms with Crippen molar-refractivity contribution >= 4 is 40.6 Å². The lowest BCUT2D eigenvalue weighted by molar-refractivity contribution is -0.127. The van der Waals surface area contributed by atoms with E-state index < -0.39 is 0 Å². The van der Waals surface area contributed by atoms with Gasteiger partial charge in [-0.1, -0.05) is 104 Å². The van der Waals surface area contributed by atoms with Crippen LogP contribution < -0.4 is 9.47 Å². The van der Waals surface area contributed by atoms with Crippen LogP contribution >= 0.6 is 28.6 Å². The fourth-order valence-electron chi connectivity index (χ4n) is 6.13. The third-order valence-corrected chi connectivity index (χ3v) is 9.69. The molecule has 0 unspecified atom stereocenters. The van der Waals surface area contributed by atoms with Crippen molar-refractivity contribution < 1.29 is 19.0 Å². The van der Waals surface area contributed by atoms with E-state index in [2.05, 4.69) is 103 Å². The standard InChI is InChI=1S/C45H48ClN3O4.BrH/c1-32(2)40-16-13-37(14-17-40)30-51-29-36-11-9-35(10-12-36)28-48-21-23-49(24-22-48)44(50)20-15-39-25-34(4)45(42(46)26-39)53-43-19-18-41(27-47-43)52-31-38-7-5-33(3)6-8-38;/h5-20,25-27,32H,21-24,28-31H2,1-4H3;1H. The lowest BCUT2D eigenvalue weighted by Gasteiger charge is -2.34. The van der Waals surface area contributed by atoms with Crippen molar-refractivity contribution in [1.82, 2.24) is 14.8 Å². The summed E-state index contributed by atoms with van der Waals surface area (Å²) in [5.74, 6) is 2.12. The normalized spacial score (nSPS) is 13.3. The van der Waals surface area contributed by atoms with Crippen molar-refractivity contribution in [1.29, 1.82) is 0 Å². The van der Waals surface area contributed by atoms with Gasteiger partial charge in [-0.3, -0.25) is 9.69 Å². The molecular formula is C45H49BrClN3O4. The molecule has 0 bridgehead atoms. The van der Waals surface area contributed by atoms with E-state index in [0.29, 0.717) is 61.2 Å². The van der Waals surface area contributed by atoms with Gasteiger partial charge in [0.2, 0.25) is 11.8 Å². The zero-order valence-corrected chi connectivity index (χ0v) is 33.9. The molecule has 0 N–H and O–H groups in total. The molecule has 6 rings (SSSR count). The molecular weight excluding hydrogens is 762 g/mol. The summed E-state index contributed by atoms with van der Waals surface area (Å²) in [6, 6.07) is 32.9. The molecule has 9 heteroatoms. The first-order chi connectivity index (χ1) is 25.7. The number of rotatable bonds is 14. The Kier molecular flexibility index (Phi) is 14.9. The fourth-order valence-corrected chi connectivity index (χ4v) is 6.45. The van der Waals surface area contributed by atoms with E-state index in [1.165, 1.54) is 22.3 Å². The number of hydrogen-bond donors (Lipinski definition) is 0. The van der Waals surface area contributed by atoms with Crippen LogP contribution in [0.4, 0.5) is 0 Å². The van der Waals surface area contributed by atoms with Gasteiger partial charge in [0, 0.05) is 44.9 Å². The van der Waals surface area contributed by atoms with Gasteiger partial charge in [0.05, 0.1) is 24.4 Å². The molecule has 0 aliphatic carbocycles. The Hall–Kier alpha value is -4.47. The number of carbonyl (C=O) groups excluding carboxylic acids is 1. The maximum Gasteiger partial charge on any atom is 0.246 e. The number of nitrogens with zero attached hydrogens (tertiary/aromatic N) is 3. The molecule has 0 radical (unpaired) electrons. The first kappa shape index (κ1) is 40.7. The number of benzene rings is 4. The summed E-state index contributed by atoms with van der Waals surface area (Å²) in [5.41, 5.74) is 8.93. The number of ether oxygens (including phenoxy) is 3. The van der Waals surface area contributed by atoms with Crippen LogP contribution in [0.1, 0.15) is 64.3 Å². The molecule has 0 saturated carbocycles. The SMILES string of the molecule is Br.Cc1ccc(COc2ccc(Oc3c(C)cc(C=CC(=O)N4CCN(Cc5ccc(COCc6ccc(C(C)C)cc6)cc5)CC4)cc3Cl)nc2)cc1. The topological polar surface area (TPSA) is 64.1 Å². The average molecular weight is 811 g/mol. The molecule has 1 saturated heterocycles. The monoisotopic (exact) mass is 809 g/mol. The molecule has 2 heterocycles. The number of piperazine rings is 1. The van der Waals surface area contributed by atoms with Gasteiger partial charge in [-0.25, -0.2) is 4.98 Å². The predicted molar refractivity (Wildman–Crippen MR) is 223 cm³/mol. The van der Waals surface area contributed by atoms with Crippen molar-refractivity contribution in [3.8, 4) is 17.4 Å². The largest absolute Gasteiger partial charge is 0.487 e. The Morgan fingerprint density at radius 2 is 1.41 bits per heavy atom. The zero-order valence-electron chi connectivity index (χ0n) is 31.5. The lowest BCUT2D eigenvalue weighted by Crippen LogP contribution is -2.47. The number of pyridine rings is 1. The Labute approximate surface area is 335 Å². The number of amides is 1. The van der Waals surface area contributed by atoms with E-state index >= 15 is 0 Å². The van der Waals surface area contributed by atoms with Crippen LogP contribution in [0.3, 0.4) is 0 Å². The van der Waals surface area contributed by atoms with Crippen molar-refractivity contribution in [3.05, 3.63) is 159 Å². The van der Waals surface area contributed by atoms with Gasteiger partial charge < -0.3 is 19.1 Å². The van der Waals surface area contributed by atoms with E-state index in [1.807, 2.05) is 30.0 Å². The average Bonchev–Trinajstić information content (AvgIpc) is 3.17. The molecule has 1 aliphatic heterocycles. The van der Waals surface area contributed by atoms with Crippen molar-refractivity contribution in [2.24, 2.45) is 0 Å². The molecule has 1 amide bonds. The maximum absolute atomic E-state index is 13.1. The molecule has 282 valence electrons. The van der Waals surface area contributed by atoms with Gasteiger partial charge in [0.15, 0.2) is 5.75 Å². The van der Waals surface area contributed by atoms with Gasteiger partial charge in [-0.15, -0.1) is 17.0 Å². The van der Waals surface area contributed by atoms with Crippen LogP contribution in [-0.4, -0.2) is 46.9 Å². The predicted octanol–water partition coefficient (Wildman–Crippen LogP) is 10.5. The third kappa shape index (κ3) is 11.8. The number of aromatic nitrogens is 1. The quantitative estimate of drug-likeness (QED) is 0.104. The second kappa shape index (κ2) is 19.7. The smallest absolute Gasteiger partial charge is 0.246 e. The van der Waals surface area contributed by atoms with E-state index in [1.54, 1.807) is 24.4 Å². The van der Waals surface area contributed by atoms with Crippen molar-refractivity contribution in [3.63, 3.8) is 0 Å². The summed E-state index contributed by atoms with van der Waals surface area (Å²) in [7, 11) is 0. The van der Waals surface area contributed by atoms with Crippen LogP contribution in [0.2, 0.25) is 5.02 Å². The summed E-state index contributed by atoms with van der Waals surface area (Å²) in [6.07, 6.45) is 5.07. The first-order valence-corrected chi connectivity index (χ1v) is 18.6. The second-order valence-corrected chi connectivity index (χ2v) is 14.4. The minimum atomic E-state index is -0.00661. The number of hydrogen-bond acceptors (Lipinski definition) is 6. The molecule has 4 aromatic carbocycles. The van der Waals surface area contributed by atoms with Crippen LogP contribution in [0.15, 0.2) is 109 Å². The number of halogens is 2. The highest BCUT2D eigenvalue weighted by molar-refractivity contribution is 8.93. The summed E-state index contributed by atoms with van der Waals surface area (Å²) in [5, 5.41) is 0.445. The minimum absolute atomic E-state index is 0. The van der Waals surface area contributed by atoms with Crippen LogP contribution in [0.5, 0.6) is 17.4 Å². The second-order valence-electron chi connectivity index (χ2n) is 14.0. The molecule has 54 heavy (non-hydrogen) atoms. The molecule has 7 nitrogen and oxygen atoms in total. The summed E-state index contributed by atoms with van der Waals surface area (Å²) in [4.78, 5) is 21.8. The Morgan fingerprint density at radius 1 is 0.796 bits per heavy atom. The Morgan fingerprint density at radius 3 is 2.02 bits per heavy atom. The summed E-state index contributed by atoms with van der Waals surface area (Å²) < 4.78 is 17.9.